The summed E-state index contributed by atoms with van der Waals surface area (Å²) < 4.78 is 13.9. The van der Waals surface area contributed by atoms with E-state index in [0.29, 0.717) is 0 Å². The van der Waals surface area contributed by atoms with Crippen molar-refractivity contribution in [2.24, 2.45) is 0 Å². The normalized spacial score (nSPS) is 12.2. The third-order valence-electron chi connectivity index (χ3n) is 10.9. The second-order valence-electron chi connectivity index (χ2n) is 13.7. The van der Waals surface area contributed by atoms with Crippen LogP contribution in [0.15, 0.2) is 174 Å². The van der Waals surface area contributed by atoms with Gasteiger partial charge in [0, 0.05) is 63.9 Å². The molecule has 0 amide bonds. The van der Waals surface area contributed by atoms with Crippen LogP contribution in [0.5, 0.6) is 0 Å². The Balaban J connectivity index is 1.13. The summed E-state index contributed by atoms with van der Waals surface area (Å²) in [7, 11) is 0. The van der Waals surface area contributed by atoms with Gasteiger partial charge in [0.2, 0.25) is 0 Å². The number of aromatic nitrogens is 2. The molecular weight excluding hydrogens is 653 g/mol. The number of thiophene rings is 1. The van der Waals surface area contributed by atoms with Crippen LogP contribution in [-0.2, 0) is 0 Å². The molecule has 12 rings (SSSR count). The van der Waals surface area contributed by atoms with Crippen molar-refractivity contribution < 1.29 is 4.42 Å². The fourth-order valence-electron chi connectivity index (χ4n) is 8.54. The molecule has 0 N–H and O–H groups in total. The van der Waals surface area contributed by atoms with E-state index in [1.54, 1.807) is 0 Å². The Morgan fingerprint density at radius 1 is 0.327 bits per heavy atom. The molecule has 3 nitrogen and oxygen atoms in total. The van der Waals surface area contributed by atoms with Crippen molar-refractivity contribution in [3.05, 3.63) is 170 Å². The van der Waals surface area contributed by atoms with Crippen molar-refractivity contribution in [3.63, 3.8) is 0 Å². The summed E-state index contributed by atoms with van der Waals surface area (Å²) in [6.45, 7) is 0. The first-order valence-electron chi connectivity index (χ1n) is 17.7. The van der Waals surface area contributed by atoms with Crippen LogP contribution < -0.4 is 0 Å². The highest BCUT2D eigenvalue weighted by molar-refractivity contribution is 7.25. The first-order valence-corrected chi connectivity index (χ1v) is 18.5. The number of furan rings is 1. The molecule has 4 heterocycles. The minimum absolute atomic E-state index is 0.911. The Morgan fingerprint density at radius 2 is 0.885 bits per heavy atom. The van der Waals surface area contributed by atoms with E-state index >= 15 is 0 Å². The summed E-state index contributed by atoms with van der Waals surface area (Å²) in [5.41, 5.74) is 11.3. The maximum Gasteiger partial charge on any atom is 0.136 e. The van der Waals surface area contributed by atoms with Gasteiger partial charge in [0.25, 0.3) is 0 Å². The van der Waals surface area contributed by atoms with E-state index in [2.05, 4.69) is 173 Å². The molecule has 0 saturated carbocycles. The average Bonchev–Trinajstić information content (AvgIpc) is 3.93. The third-order valence-corrected chi connectivity index (χ3v) is 12.0. The molecule has 0 aliphatic rings. The van der Waals surface area contributed by atoms with Gasteiger partial charge in [0.05, 0.1) is 22.1 Å². The number of hydrogen-bond acceptors (Lipinski definition) is 2. The highest BCUT2D eigenvalue weighted by Crippen LogP contribution is 2.43. The van der Waals surface area contributed by atoms with Crippen LogP contribution in [0.4, 0.5) is 0 Å². The fraction of sp³-hybridized carbons (Fsp3) is 0. The van der Waals surface area contributed by atoms with Crippen molar-refractivity contribution in [1.29, 1.82) is 0 Å². The first kappa shape index (κ1) is 28.1. The second-order valence-corrected chi connectivity index (χ2v) is 14.8. The summed E-state index contributed by atoms with van der Waals surface area (Å²) in [6.07, 6.45) is 0. The van der Waals surface area contributed by atoms with Crippen molar-refractivity contribution in [2.75, 3.05) is 0 Å². The molecule has 4 heteroatoms. The number of hydrogen-bond donors (Lipinski definition) is 0. The van der Waals surface area contributed by atoms with Crippen LogP contribution in [0.2, 0.25) is 0 Å². The Bertz CT molecular complexity index is 3400. The lowest BCUT2D eigenvalue weighted by molar-refractivity contribution is 0.669. The van der Waals surface area contributed by atoms with E-state index in [1.807, 2.05) is 17.4 Å². The summed E-state index contributed by atoms with van der Waals surface area (Å²) in [5.74, 6) is 0. The van der Waals surface area contributed by atoms with Crippen LogP contribution in [0.3, 0.4) is 0 Å². The summed E-state index contributed by atoms with van der Waals surface area (Å²) in [5, 5.41) is 9.82. The van der Waals surface area contributed by atoms with Gasteiger partial charge in [-0.2, -0.15) is 0 Å². The van der Waals surface area contributed by atoms with E-state index in [0.717, 1.165) is 27.6 Å². The largest absolute Gasteiger partial charge is 0.456 e. The fourth-order valence-corrected chi connectivity index (χ4v) is 9.67. The van der Waals surface area contributed by atoms with Crippen molar-refractivity contribution in [2.45, 2.75) is 0 Å². The van der Waals surface area contributed by atoms with E-state index in [1.165, 1.54) is 80.6 Å². The molecule has 0 spiro atoms. The van der Waals surface area contributed by atoms with Gasteiger partial charge in [-0.15, -0.1) is 11.3 Å². The quantitative estimate of drug-likeness (QED) is 0.182. The number of para-hydroxylation sites is 3. The number of nitrogens with zero attached hydrogens (tertiary/aromatic N) is 2. The maximum atomic E-state index is 6.41. The third kappa shape index (κ3) is 3.90. The highest BCUT2D eigenvalue weighted by atomic mass is 32.1. The molecule has 0 aliphatic heterocycles. The van der Waals surface area contributed by atoms with Crippen molar-refractivity contribution in [1.82, 2.24) is 9.13 Å². The Hall–Kier alpha value is -6.62. The topological polar surface area (TPSA) is 23.0 Å². The summed E-state index contributed by atoms with van der Waals surface area (Å²) >= 11 is 1.87. The SMILES string of the molecule is c1ccc(-n2c3ccc(-c4ccc5c(c4)c4cc6oc7ccccc7c6cc4n5-c4ccccc4)cc3c3cc4c(cc32)sc2ccccc24)cc1. The predicted molar refractivity (Wildman–Crippen MR) is 221 cm³/mol. The second kappa shape index (κ2) is 10.5. The zero-order valence-corrected chi connectivity index (χ0v) is 28.7. The lowest BCUT2D eigenvalue weighted by Gasteiger charge is -2.09. The van der Waals surface area contributed by atoms with Gasteiger partial charge in [-0.3, -0.25) is 0 Å². The summed E-state index contributed by atoms with van der Waals surface area (Å²) in [4.78, 5) is 0. The van der Waals surface area contributed by atoms with Crippen LogP contribution in [0, 0.1) is 0 Å². The number of rotatable bonds is 3. The zero-order chi connectivity index (χ0) is 33.9. The zero-order valence-electron chi connectivity index (χ0n) is 27.9. The minimum atomic E-state index is 0.911. The molecule has 52 heavy (non-hydrogen) atoms. The molecule has 0 unspecified atom stereocenters. The highest BCUT2D eigenvalue weighted by Gasteiger charge is 2.19. The van der Waals surface area contributed by atoms with Gasteiger partial charge in [-0.25, -0.2) is 0 Å². The Kier molecular flexibility index (Phi) is 5.65. The molecule has 242 valence electrons. The van der Waals surface area contributed by atoms with E-state index < -0.39 is 0 Å². The Morgan fingerprint density at radius 3 is 1.58 bits per heavy atom. The summed E-state index contributed by atoms with van der Waals surface area (Å²) in [6, 6.07) is 61.8. The molecular formula is C48H28N2OS. The molecule has 4 aromatic heterocycles. The average molecular weight is 681 g/mol. The van der Waals surface area contributed by atoms with Crippen molar-refractivity contribution >= 4 is 97.1 Å². The van der Waals surface area contributed by atoms with Gasteiger partial charge < -0.3 is 13.6 Å². The predicted octanol–water partition coefficient (Wildman–Crippen LogP) is 13.8. The molecule has 0 atom stereocenters. The van der Waals surface area contributed by atoms with E-state index in [4.69, 9.17) is 4.42 Å². The van der Waals surface area contributed by atoms with Gasteiger partial charge in [-0.1, -0.05) is 84.9 Å². The number of fused-ring (bicyclic) bond motifs is 12. The van der Waals surface area contributed by atoms with Gasteiger partial charge in [0.15, 0.2) is 0 Å². The molecule has 0 aliphatic carbocycles. The van der Waals surface area contributed by atoms with Crippen LogP contribution in [0.1, 0.15) is 0 Å². The molecule has 8 aromatic carbocycles. The van der Waals surface area contributed by atoms with Gasteiger partial charge >= 0.3 is 0 Å². The lowest BCUT2D eigenvalue weighted by atomic mass is 10.00. The first-order chi connectivity index (χ1) is 25.8. The van der Waals surface area contributed by atoms with Gasteiger partial charge in [-0.05, 0) is 96.1 Å². The van der Waals surface area contributed by atoms with Gasteiger partial charge in [0.1, 0.15) is 11.2 Å². The molecule has 0 radical (unpaired) electrons. The molecule has 0 bridgehead atoms. The van der Waals surface area contributed by atoms with E-state index in [-0.39, 0.29) is 0 Å². The molecule has 0 fully saturated rings. The Labute approximate surface area is 301 Å². The molecule has 0 saturated heterocycles. The van der Waals surface area contributed by atoms with Crippen molar-refractivity contribution in [3.8, 4) is 22.5 Å². The number of benzene rings is 8. The minimum Gasteiger partial charge on any atom is -0.456 e. The van der Waals surface area contributed by atoms with Crippen LogP contribution in [0.25, 0.3) is 108 Å². The smallest absolute Gasteiger partial charge is 0.136 e. The standard InChI is InChI=1S/C48H28N2OS/c1-3-11-31(12-4-1)49-42-22-20-30(24-36(42)38-27-46-39(26-43(38)49)33-15-7-9-17-45(33)51-46)29-19-21-41-35(23-29)37-25-40-34-16-8-10-18-47(34)52-48(40)28-44(37)50(41)32-13-5-2-6-14-32/h1-28H. The maximum absolute atomic E-state index is 6.41. The monoisotopic (exact) mass is 680 g/mol. The molecule has 12 aromatic rings. The van der Waals surface area contributed by atoms with Crippen LogP contribution in [-0.4, -0.2) is 9.13 Å². The lowest BCUT2D eigenvalue weighted by Crippen LogP contribution is -1.93. The van der Waals surface area contributed by atoms with E-state index in [9.17, 15) is 0 Å². The van der Waals surface area contributed by atoms with Crippen LogP contribution >= 0.6 is 11.3 Å².